The van der Waals surface area contributed by atoms with Crippen molar-refractivity contribution in [3.63, 3.8) is 0 Å². The van der Waals surface area contributed by atoms with E-state index in [1.165, 1.54) is 13.2 Å². The highest BCUT2D eigenvalue weighted by Gasteiger charge is 2.33. The first-order valence-corrected chi connectivity index (χ1v) is 9.94. The minimum atomic E-state index is -3.74. The van der Waals surface area contributed by atoms with E-state index in [1.807, 2.05) is 0 Å². The van der Waals surface area contributed by atoms with Crippen molar-refractivity contribution in [2.24, 2.45) is 0 Å². The zero-order valence-electron chi connectivity index (χ0n) is 15.4. The average molecular weight is 390 g/mol. The van der Waals surface area contributed by atoms with Gasteiger partial charge in [0.25, 0.3) is 0 Å². The molecule has 1 saturated heterocycles. The van der Waals surface area contributed by atoms with Crippen molar-refractivity contribution in [1.29, 1.82) is 0 Å². The fourth-order valence-electron chi connectivity index (χ4n) is 3.12. The molecule has 0 spiro atoms. The smallest absolute Gasteiger partial charge is 0.240 e. The summed E-state index contributed by atoms with van der Waals surface area (Å²) in [6.45, 7) is 2.04. The molecular weight excluding hydrogens is 368 g/mol. The van der Waals surface area contributed by atoms with Crippen LogP contribution in [0.2, 0.25) is 0 Å². The van der Waals surface area contributed by atoms with Gasteiger partial charge in [0.2, 0.25) is 15.9 Å². The molecule has 27 heavy (non-hydrogen) atoms. The first-order valence-electron chi connectivity index (χ1n) is 8.45. The van der Waals surface area contributed by atoms with Crippen LogP contribution in [0.3, 0.4) is 0 Å². The topological polar surface area (TPSA) is 84.9 Å². The number of sulfonamides is 1. The molecule has 1 amide bonds. The summed E-state index contributed by atoms with van der Waals surface area (Å²) in [5, 5.41) is 0. The van der Waals surface area contributed by atoms with Gasteiger partial charge >= 0.3 is 0 Å². The lowest BCUT2D eigenvalue weighted by Crippen LogP contribution is -2.37. The predicted molar refractivity (Wildman–Crippen MR) is 102 cm³/mol. The average Bonchev–Trinajstić information content (AvgIpc) is 3.01. The Kier molecular flexibility index (Phi) is 5.38. The lowest BCUT2D eigenvalue weighted by molar-refractivity contribution is -0.117. The fraction of sp³-hybridized carbons (Fsp3) is 0.316. The molecule has 2 aromatic carbocycles. The molecule has 1 aliphatic heterocycles. The highest BCUT2D eigenvalue weighted by molar-refractivity contribution is 7.89. The molecular formula is C19H22N2O5S. The zero-order chi connectivity index (χ0) is 19.6. The third-order valence-electron chi connectivity index (χ3n) is 4.49. The van der Waals surface area contributed by atoms with Gasteiger partial charge in [0.05, 0.1) is 19.1 Å². The van der Waals surface area contributed by atoms with E-state index in [9.17, 15) is 13.2 Å². The van der Waals surface area contributed by atoms with Gasteiger partial charge in [-0.05, 0) is 42.8 Å². The van der Waals surface area contributed by atoms with Crippen LogP contribution >= 0.6 is 0 Å². The van der Waals surface area contributed by atoms with Gasteiger partial charge in [0, 0.05) is 30.8 Å². The molecule has 0 radical (unpaired) electrons. The Labute approximate surface area is 158 Å². The molecule has 8 heteroatoms. The molecule has 1 unspecified atom stereocenters. The van der Waals surface area contributed by atoms with Crippen molar-refractivity contribution in [2.75, 3.05) is 25.7 Å². The van der Waals surface area contributed by atoms with Crippen LogP contribution in [0.25, 0.3) is 0 Å². The number of carbonyl (C=O) groups excluding carboxylic acids is 1. The Morgan fingerprint density at radius 2 is 1.89 bits per heavy atom. The first-order chi connectivity index (χ1) is 12.8. The predicted octanol–water partition coefficient (Wildman–Crippen LogP) is 2.10. The van der Waals surface area contributed by atoms with Crippen LogP contribution in [0.15, 0.2) is 47.4 Å². The van der Waals surface area contributed by atoms with Gasteiger partial charge in [-0.25, -0.2) is 13.1 Å². The van der Waals surface area contributed by atoms with Crippen molar-refractivity contribution < 1.29 is 22.7 Å². The molecule has 1 fully saturated rings. The van der Waals surface area contributed by atoms with Gasteiger partial charge in [0.15, 0.2) is 0 Å². The van der Waals surface area contributed by atoms with Crippen molar-refractivity contribution in [3.05, 3.63) is 48.0 Å². The standard InChI is InChI=1S/C19H22N2O5S/c1-13-9-17(7-8-18(13)26-3)27(23,24)20-14-10-19(22)21(12-14)15-5-4-6-16(11-15)25-2/h4-9,11,14,20H,10,12H2,1-3H3. The van der Waals surface area contributed by atoms with Crippen LogP contribution in [0.1, 0.15) is 12.0 Å². The van der Waals surface area contributed by atoms with E-state index in [4.69, 9.17) is 9.47 Å². The molecule has 3 rings (SSSR count). The maximum absolute atomic E-state index is 12.7. The van der Waals surface area contributed by atoms with E-state index in [0.717, 1.165) is 5.56 Å². The minimum absolute atomic E-state index is 0.103. The molecule has 7 nitrogen and oxygen atoms in total. The second kappa shape index (κ2) is 7.58. The summed E-state index contributed by atoms with van der Waals surface area (Å²) < 4.78 is 38.4. The number of ether oxygens (including phenoxy) is 2. The van der Waals surface area contributed by atoms with E-state index >= 15 is 0 Å². The number of benzene rings is 2. The number of methoxy groups -OCH3 is 2. The number of nitrogens with one attached hydrogen (secondary N) is 1. The van der Waals surface area contributed by atoms with E-state index in [-0.39, 0.29) is 23.8 Å². The SMILES string of the molecule is COc1cccc(N2CC(NS(=O)(=O)c3ccc(OC)c(C)c3)CC2=O)c1. The Morgan fingerprint density at radius 3 is 2.56 bits per heavy atom. The summed E-state index contributed by atoms with van der Waals surface area (Å²) in [5.74, 6) is 1.12. The van der Waals surface area contributed by atoms with Crippen molar-refractivity contribution in [3.8, 4) is 11.5 Å². The summed E-state index contributed by atoms with van der Waals surface area (Å²) in [7, 11) is -0.654. The van der Waals surface area contributed by atoms with E-state index < -0.39 is 16.1 Å². The number of carbonyl (C=O) groups is 1. The van der Waals surface area contributed by atoms with Crippen LogP contribution in [-0.4, -0.2) is 41.1 Å². The molecule has 1 N–H and O–H groups in total. The Bertz CT molecular complexity index is 958. The molecule has 1 atom stereocenters. The maximum Gasteiger partial charge on any atom is 0.240 e. The molecule has 1 heterocycles. The summed E-state index contributed by atoms with van der Waals surface area (Å²) in [6.07, 6.45) is 0.103. The number of anilines is 1. The highest BCUT2D eigenvalue weighted by Crippen LogP contribution is 2.27. The number of nitrogens with zero attached hydrogens (tertiary/aromatic N) is 1. The number of hydrogen-bond acceptors (Lipinski definition) is 5. The van der Waals surface area contributed by atoms with Gasteiger partial charge in [-0.15, -0.1) is 0 Å². The second-order valence-electron chi connectivity index (χ2n) is 6.36. The summed E-state index contributed by atoms with van der Waals surface area (Å²) in [4.78, 5) is 14.1. The van der Waals surface area contributed by atoms with Crippen molar-refractivity contribution >= 4 is 21.6 Å². The lowest BCUT2D eigenvalue weighted by Gasteiger charge is -2.18. The minimum Gasteiger partial charge on any atom is -0.497 e. The van der Waals surface area contributed by atoms with E-state index in [1.54, 1.807) is 55.3 Å². The number of rotatable bonds is 6. The molecule has 0 saturated carbocycles. The number of aryl methyl sites for hydroxylation is 1. The van der Waals surface area contributed by atoms with Crippen LogP contribution < -0.4 is 19.1 Å². The van der Waals surface area contributed by atoms with Crippen molar-refractivity contribution in [1.82, 2.24) is 4.72 Å². The summed E-state index contributed by atoms with van der Waals surface area (Å²) in [6, 6.07) is 11.3. The molecule has 0 bridgehead atoms. The van der Waals surface area contributed by atoms with Gasteiger partial charge < -0.3 is 14.4 Å². The van der Waals surface area contributed by atoms with Crippen LogP contribution in [0, 0.1) is 6.92 Å². The molecule has 144 valence electrons. The maximum atomic E-state index is 12.7. The van der Waals surface area contributed by atoms with Crippen molar-refractivity contribution in [2.45, 2.75) is 24.3 Å². The van der Waals surface area contributed by atoms with Crippen LogP contribution in [0.5, 0.6) is 11.5 Å². The number of amides is 1. The lowest BCUT2D eigenvalue weighted by atomic mass is 10.2. The molecule has 1 aliphatic rings. The number of hydrogen-bond donors (Lipinski definition) is 1. The summed E-state index contributed by atoms with van der Waals surface area (Å²) >= 11 is 0. The third kappa shape index (κ3) is 4.06. The molecule has 0 aliphatic carbocycles. The van der Waals surface area contributed by atoms with Gasteiger partial charge in [-0.2, -0.15) is 0 Å². The Hall–Kier alpha value is -2.58. The van der Waals surface area contributed by atoms with Crippen LogP contribution in [-0.2, 0) is 14.8 Å². The van der Waals surface area contributed by atoms with Crippen LogP contribution in [0.4, 0.5) is 5.69 Å². The largest absolute Gasteiger partial charge is 0.497 e. The molecule has 0 aromatic heterocycles. The Balaban J connectivity index is 1.76. The van der Waals surface area contributed by atoms with Gasteiger partial charge in [-0.1, -0.05) is 6.07 Å². The zero-order valence-corrected chi connectivity index (χ0v) is 16.2. The summed E-state index contributed by atoms with van der Waals surface area (Å²) in [5.41, 5.74) is 1.40. The van der Waals surface area contributed by atoms with E-state index in [0.29, 0.717) is 17.2 Å². The quantitative estimate of drug-likeness (QED) is 0.816. The normalized spacial score (nSPS) is 17.2. The fourth-order valence-corrected chi connectivity index (χ4v) is 4.43. The van der Waals surface area contributed by atoms with E-state index in [2.05, 4.69) is 4.72 Å². The third-order valence-corrected chi connectivity index (χ3v) is 6.01. The highest BCUT2D eigenvalue weighted by atomic mass is 32.2. The Morgan fingerprint density at radius 1 is 1.11 bits per heavy atom. The first kappa shape index (κ1) is 19.2. The second-order valence-corrected chi connectivity index (χ2v) is 8.07. The van der Waals surface area contributed by atoms with Gasteiger partial charge in [-0.3, -0.25) is 4.79 Å². The monoisotopic (exact) mass is 390 g/mol. The molecule has 2 aromatic rings. The van der Waals surface area contributed by atoms with Gasteiger partial charge in [0.1, 0.15) is 11.5 Å².